The number of benzene rings is 3. The van der Waals surface area contributed by atoms with Crippen molar-refractivity contribution in [1.82, 2.24) is 5.32 Å². The number of hydrogen-bond acceptors (Lipinski definition) is 4. The highest BCUT2D eigenvalue weighted by molar-refractivity contribution is 8.05. The molecule has 0 aromatic heterocycles. The van der Waals surface area contributed by atoms with Crippen LogP contribution in [0.5, 0.6) is 0 Å². The van der Waals surface area contributed by atoms with E-state index in [1.54, 1.807) is 0 Å². The van der Waals surface area contributed by atoms with Gasteiger partial charge in [-0.25, -0.2) is 0 Å². The Bertz CT molecular complexity index is 1290. The maximum Gasteiger partial charge on any atom is 0.264 e. The maximum absolute atomic E-state index is 13.6. The molecule has 4 rings (SSSR count). The number of aryl methyl sites for hydroxylation is 2. The lowest BCUT2D eigenvalue weighted by Crippen LogP contribution is -2.32. The average molecular weight is 482 g/mol. The molecule has 1 fully saturated rings. The Labute approximate surface area is 210 Å². The Morgan fingerprint density at radius 3 is 2.37 bits per heavy atom. The van der Waals surface area contributed by atoms with Crippen LogP contribution in [-0.2, 0) is 22.4 Å². The first-order valence-corrected chi connectivity index (χ1v) is 12.4. The van der Waals surface area contributed by atoms with Crippen LogP contribution in [0.4, 0.5) is 5.69 Å². The van der Waals surface area contributed by atoms with Crippen LogP contribution in [0, 0.1) is 25.2 Å². The first-order valence-electron chi connectivity index (χ1n) is 11.6. The Morgan fingerprint density at radius 2 is 1.69 bits per heavy atom. The normalized spacial score (nSPS) is 16.7. The van der Waals surface area contributed by atoms with Gasteiger partial charge in [0, 0.05) is 12.2 Å². The fraction of sp³-hybridized carbons (Fsp3) is 0.207. The van der Waals surface area contributed by atoms with Gasteiger partial charge in [-0.1, -0.05) is 84.1 Å². The predicted molar refractivity (Wildman–Crippen MR) is 141 cm³/mol. The molecule has 0 aliphatic carbocycles. The van der Waals surface area contributed by atoms with E-state index < -0.39 is 11.2 Å². The molecule has 35 heavy (non-hydrogen) atoms. The van der Waals surface area contributed by atoms with Crippen molar-refractivity contribution in [2.24, 2.45) is 0 Å². The summed E-state index contributed by atoms with van der Waals surface area (Å²) in [6, 6.07) is 27.4. The van der Waals surface area contributed by atoms with E-state index in [4.69, 9.17) is 0 Å². The van der Waals surface area contributed by atoms with Gasteiger partial charge in [0.05, 0.1) is 5.25 Å². The molecule has 6 heteroatoms. The monoisotopic (exact) mass is 481 g/mol. The summed E-state index contributed by atoms with van der Waals surface area (Å²) < 4.78 is 0. The molecule has 1 saturated heterocycles. The van der Waals surface area contributed by atoms with Crippen LogP contribution < -0.4 is 10.2 Å². The van der Waals surface area contributed by atoms with Crippen molar-refractivity contribution in [3.8, 4) is 6.07 Å². The number of nitrogens with zero attached hydrogens (tertiary/aromatic N) is 2. The summed E-state index contributed by atoms with van der Waals surface area (Å²) in [5.74, 6) is -0.589. The van der Waals surface area contributed by atoms with E-state index in [0.717, 1.165) is 22.3 Å². The SMILES string of the molecule is Cc1ccc(N2C(=O)[C@@H](Cc3ccccc3C)S/C2=C(\C#N)C(=O)NCCc2ccccc2)cc1. The Hall–Kier alpha value is -3.82. The molecule has 1 aliphatic heterocycles. The van der Waals surface area contributed by atoms with Gasteiger partial charge in [0.1, 0.15) is 16.7 Å². The highest BCUT2D eigenvalue weighted by atomic mass is 32.2. The zero-order valence-electron chi connectivity index (χ0n) is 19.8. The molecule has 1 N–H and O–H groups in total. The fourth-order valence-electron chi connectivity index (χ4n) is 4.01. The van der Waals surface area contributed by atoms with Crippen LogP contribution >= 0.6 is 11.8 Å². The number of hydrogen-bond donors (Lipinski definition) is 1. The van der Waals surface area contributed by atoms with E-state index >= 15 is 0 Å². The van der Waals surface area contributed by atoms with E-state index in [9.17, 15) is 14.9 Å². The molecule has 1 aliphatic rings. The zero-order chi connectivity index (χ0) is 24.8. The van der Waals surface area contributed by atoms with Gasteiger partial charge in [-0.15, -0.1) is 0 Å². The van der Waals surface area contributed by atoms with Crippen LogP contribution in [0.3, 0.4) is 0 Å². The van der Waals surface area contributed by atoms with Crippen LogP contribution in [0.15, 0.2) is 89.5 Å². The molecule has 1 atom stereocenters. The number of rotatable bonds is 7. The molecule has 0 spiro atoms. The second-order valence-corrected chi connectivity index (χ2v) is 9.72. The van der Waals surface area contributed by atoms with Crippen LogP contribution in [-0.4, -0.2) is 23.6 Å². The minimum atomic E-state index is -0.465. The van der Waals surface area contributed by atoms with E-state index in [2.05, 4.69) is 11.4 Å². The molecule has 176 valence electrons. The lowest BCUT2D eigenvalue weighted by atomic mass is 10.0. The van der Waals surface area contributed by atoms with Crippen molar-refractivity contribution < 1.29 is 9.59 Å². The highest BCUT2D eigenvalue weighted by Gasteiger charge is 2.40. The number of anilines is 1. The minimum Gasteiger partial charge on any atom is -0.351 e. The summed E-state index contributed by atoms with van der Waals surface area (Å²) in [5, 5.41) is 12.8. The van der Waals surface area contributed by atoms with Gasteiger partial charge >= 0.3 is 0 Å². The third-order valence-corrected chi connectivity index (χ3v) is 7.27. The van der Waals surface area contributed by atoms with Gasteiger partial charge in [-0.3, -0.25) is 14.5 Å². The van der Waals surface area contributed by atoms with Crippen molar-refractivity contribution in [1.29, 1.82) is 5.26 Å². The number of carbonyl (C=O) groups is 2. The smallest absolute Gasteiger partial charge is 0.264 e. The third kappa shape index (κ3) is 5.64. The minimum absolute atomic E-state index is 0.0377. The summed E-state index contributed by atoms with van der Waals surface area (Å²) in [4.78, 5) is 28.2. The molecule has 3 aromatic carbocycles. The molecule has 0 radical (unpaired) electrons. The Morgan fingerprint density at radius 1 is 1.00 bits per heavy atom. The van der Waals surface area contributed by atoms with Crippen molar-refractivity contribution in [2.45, 2.75) is 31.9 Å². The standard InChI is InChI=1S/C29H27N3O2S/c1-20-12-14-24(15-13-20)32-28(34)26(18-23-11-7-6-8-21(23)2)35-29(32)25(19-30)27(33)31-17-16-22-9-4-3-5-10-22/h3-15,26H,16-18H2,1-2H3,(H,31,33)/b29-25+/t26-/m1/s1. The molecule has 0 unspecified atom stereocenters. The van der Waals surface area contributed by atoms with Gasteiger partial charge in [-0.2, -0.15) is 5.26 Å². The lowest BCUT2D eigenvalue weighted by molar-refractivity contribution is -0.117. The molecular weight excluding hydrogens is 454 g/mol. The first kappa shape index (κ1) is 24.3. The van der Waals surface area contributed by atoms with Crippen LogP contribution in [0.25, 0.3) is 0 Å². The largest absolute Gasteiger partial charge is 0.351 e. The lowest BCUT2D eigenvalue weighted by Gasteiger charge is -2.19. The molecule has 3 aromatic rings. The van der Waals surface area contributed by atoms with E-state index in [-0.39, 0.29) is 11.5 Å². The fourth-order valence-corrected chi connectivity index (χ4v) is 5.30. The molecule has 1 heterocycles. The molecule has 5 nitrogen and oxygen atoms in total. The predicted octanol–water partition coefficient (Wildman–Crippen LogP) is 5.09. The maximum atomic E-state index is 13.6. The quantitative estimate of drug-likeness (QED) is 0.377. The average Bonchev–Trinajstić information content (AvgIpc) is 3.17. The molecular formula is C29H27N3O2S. The van der Waals surface area contributed by atoms with Crippen molar-refractivity contribution in [3.63, 3.8) is 0 Å². The van der Waals surface area contributed by atoms with Gasteiger partial charge in [0.25, 0.3) is 5.91 Å². The van der Waals surface area contributed by atoms with E-state index in [1.807, 2.05) is 92.7 Å². The van der Waals surface area contributed by atoms with Crippen molar-refractivity contribution >= 4 is 29.3 Å². The van der Waals surface area contributed by atoms with E-state index in [1.165, 1.54) is 16.7 Å². The zero-order valence-corrected chi connectivity index (χ0v) is 20.6. The van der Waals surface area contributed by atoms with Gasteiger partial charge in [0.15, 0.2) is 0 Å². The number of amides is 2. The van der Waals surface area contributed by atoms with Crippen LogP contribution in [0.2, 0.25) is 0 Å². The summed E-state index contributed by atoms with van der Waals surface area (Å²) >= 11 is 1.29. The van der Waals surface area contributed by atoms with Gasteiger partial charge < -0.3 is 5.32 Å². The number of carbonyl (C=O) groups excluding carboxylic acids is 2. The first-order chi connectivity index (χ1) is 17.0. The molecule has 2 amide bonds. The third-order valence-electron chi connectivity index (χ3n) is 6.01. The summed E-state index contributed by atoms with van der Waals surface area (Å²) in [7, 11) is 0. The Balaban J connectivity index is 1.62. The number of thioether (sulfide) groups is 1. The highest BCUT2D eigenvalue weighted by Crippen LogP contribution is 2.42. The topological polar surface area (TPSA) is 73.2 Å². The van der Waals surface area contributed by atoms with Crippen molar-refractivity contribution in [3.05, 3.63) is 112 Å². The molecule has 0 saturated carbocycles. The van der Waals surface area contributed by atoms with Crippen molar-refractivity contribution in [2.75, 3.05) is 11.4 Å². The van der Waals surface area contributed by atoms with Gasteiger partial charge in [-0.05, 0) is 55.5 Å². The number of nitrogens with one attached hydrogen (secondary N) is 1. The second kappa shape index (κ2) is 11.1. The molecule has 0 bridgehead atoms. The van der Waals surface area contributed by atoms with Crippen LogP contribution in [0.1, 0.15) is 22.3 Å². The number of nitriles is 1. The summed E-state index contributed by atoms with van der Waals surface area (Å²) in [6.07, 6.45) is 1.18. The van der Waals surface area contributed by atoms with Gasteiger partial charge in [0.2, 0.25) is 5.91 Å². The summed E-state index contributed by atoms with van der Waals surface area (Å²) in [6.45, 7) is 4.40. The second-order valence-electron chi connectivity index (χ2n) is 8.53. The Kier molecular flexibility index (Phi) is 7.69. The van der Waals surface area contributed by atoms with E-state index in [0.29, 0.717) is 30.1 Å². The summed E-state index contributed by atoms with van der Waals surface area (Å²) in [5.41, 5.74) is 4.97.